The number of aromatic nitrogens is 3. The average molecular weight is 340 g/mol. The molecule has 1 unspecified atom stereocenters. The van der Waals surface area contributed by atoms with E-state index in [0.717, 1.165) is 5.52 Å². The van der Waals surface area contributed by atoms with Gasteiger partial charge in [0.2, 0.25) is 0 Å². The molecule has 3 rings (SSSR count). The number of esters is 1. The molecule has 25 heavy (non-hydrogen) atoms. The molecule has 2 aromatic heterocycles. The topological polar surface area (TPSA) is 72.8 Å². The van der Waals surface area contributed by atoms with E-state index in [1.54, 1.807) is 41.6 Å². The summed E-state index contributed by atoms with van der Waals surface area (Å²) in [6, 6.07) is 7.23. The number of rotatable bonds is 5. The summed E-state index contributed by atoms with van der Waals surface area (Å²) in [4.78, 5) is 11.8. The minimum absolute atomic E-state index is 0.293. The second kappa shape index (κ2) is 6.77. The molecule has 0 saturated heterocycles. The molecule has 0 bridgehead atoms. The van der Waals surface area contributed by atoms with Crippen LogP contribution in [0.3, 0.4) is 0 Å². The number of nitrogens with zero attached hydrogens (tertiary/aromatic N) is 4. The minimum Gasteiger partial charge on any atom is -0.462 e. The maximum Gasteiger partial charge on any atom is 0.341 e. The van der Waals surface area contributed by atoms with Gasteiger partial charge in [-0.15, -0.1) is 0 Å². The van der Waals surface area contributed by atoms with Gasteiger partial charge in [0.05, 0.1) is 35.7 Å². The van der Waals surface area contributed by atoms with Gasteiger partial charge in [-0.3, -0.25) is 0 Å². The molecule has 0 amide bonds. The predicted octanol–water partition coefficient (Wildman–Crippen LogP) is 3.41. The Morgan fingerprint density at radius 1 is 1.44 bits per heavy atom. The van der Waals surface area contributed by atoms with Gasteiger partial charge in [0, 0.05) is 23.3 Å². The first-order chi connectivity index (χ1) is 12.1. The van der Waals surface area contributed by atoms with E-state index in [4.69, 9.17) is 4.74 Å². The van der Waals surface area contributed by atoms with Crippen LogP contribution in [0.5, 0.6) is 0 Å². The lowest BCUT2D eigenvalue weighted by molar-refractivity contribution is 0.0526. The summed E-state index contributed by atoms with van der Waals surface area (Å²) in [6.45, 7) is 3.27. The van der Waals surface area contributed by atoms with Crippen molar-refractivity contribution in [3.8, 4) is 11.8 Å². The van der Waals surface area contributed by atoms with E-state index in [0.29, 0.717) is 28.8 Å². The summed E-state index contributed by atoms with van der Waals surface area (Å²) in [6.07, 6.45) is 4.67. The van der Waals surface area contributed by atoms with E-state index < -0.39 is 12.6 Å². The number of alkyl halides is 1. The van der Waals surface area contributed by atoms with Crippen LogP contribution in [0.15, 0.2) is 36.8 Å². The molecular formula is C18H17FN4O2. The first kappa shape index (κ1) is 16.7. The van der Waals surface area contributed by atoms with E-state index in [1.807, 2.05) is 12.1 Å². The number of carbonyl (C=O) groups is 1. The van der Waals surface area contributed by atoms with Crippen LogP contribution in [0, 0.1) is 11.3 Å². The van der Waals surface area contributed by atoms with Crippen molar-refractivity contribution in [2.24, 2.45) is 0 Å². The van der Waals surface area contributed by atoms with Crippen LogP contribution < -0.4 is 0 Å². The lowest BCUT2D eigenvalue weighted by Crippen LogP contribution is -2.05. The zero-order chi connectivity index (χ0) is 18.0. The van der Waals surface area contributed by atoms with Crippen molar-refractivity contribution in [3.05, 3.63) is 47.9 Å². The van der Waals surface area contributed by atoms with Crippen molar-refractivity contribution in [2.45, 2.75) is 19.9 Å². The third-order valence-corrected chi connectivity index (χ3v) is 3.99. The third-order valence-electron chi connectivity index (χ3n) is 3.99. The quantitative estimate of drug-likeness (QED) is 0.667. The number of halogens is 1. The Morgan fingerprint density at radius 2 is 2.24 bits per heavy atom. The zero-order valence-corrected chi connectivity index (χ0v) is 13.9. The Hall–Kier alpha value is -3.14. The summed E-state index contributed by atoms with van der Waals surface area (Å²) in [5.41, 5.74) is 2.30. The second-order valence-electron chi connectivity index (χ2n) is 5.66. The van der Waals surface area contributed by atoms with E-state index in [2.05, 4.69) is 11.2 Å². The molecule has 0 fully saturated rings. The van der Waals surface area contributed by atoms with E-state index >= 15 is 0 Å². The van der Waals surface area contributed by atoms with E-state index in [9.17, 15) is 14.4 Å². The van der Waals surface area contributed by atoms with Crippen LogP contribution in [-0.2, 0) is 4.74 Å². The summed E-state index contributed by atoms with van der Waals surface area (Å²) >= 11 is 0. The number of ether oxygens (including phenoxy) is 1. The molecule has 7 heteroatoms. The Bertz CT molecular complexity index is 967. The largest absolute Gasteiger partial charge is 0.462 e. The van der Waals surface area contributed by atoms with Crippen LogP contribution in [0.25, 0.3) is 16.6 Å². The second-order valence-corrected chi connectivity index (χ2v) is 5.66. The first-order valence-corrected chi connectivity index (χ1v) is 7.91. The monoisotopic (exact) mass is 340 g/mol. The van der Waals surface area contributed by atoms with Gasteiger partial charge in [-0.1, -0.05) is 0 Å². The van der Waals surface area contributed by atoms with E-state index in [-0.39, 0.29) is 6.04 Å². The fraction of sp³-hybridized carbons (Fsp3) is 0.278. The van der Waals surface area contributed by atoms with Gasteiger partial charge in [-0.25, -0.2) is 13.9 Å². The molecule has 0 radical (unpaired) electrons. The van der Waals surface area contributed by atoms with Gasteiger partial charge in [0.1, 0.15) is 12.7 Å². The van der Waals surface area contributed by atoms with Gasteiger partial charge in [-0.2, -0.15) is 10.4 Å². The summed E-state index contributed by atoms with van der Waals surface area (Å²) in [5.74, 6) is -0.435. The molecule has 6 nitrogen and oxygen atoms in total. The van der Waals surface area contributed by atoms with E-state index in [1.165, 1.54) is 6.20 Å². The maximum absolute atomic E-state index is 13.0. The van der Waals surface area contributed by atoms with Gasteiger partial charge in [-0.05, 0) is 32.0 Å². The predicted molar refractivity (Wildman–Crippen MR) is 90.4 cm³/mol. The van der Waals surface area contributed by atoms with Gasteiger partial charge in [0.25, 0.3) is 0 Å². The minimum atomic E-state index is -0.515. The van der Waals surface area contributed by atoms with Gasteiger partial charge in [0.15, 0.2) is 0 Å². The summed E-state index contributed by atoms with van der Waals surface area (Å²) < 4.78 is 21.3. The van der Waals surface area contributed by atoms with Crippen molar-refractivity contribution in [2.75, 3.05) is 13.3 Å². The molecule has 0 N–H and O–H groups in total. The standard InChI is InChI=1S/C18H17FN4O2/c1-3-25-18(24)14-9-21-23(11-14)15-4-5-17-16(6-15)13(8-20)10-22(17)12(2)7-19/h4-6,9-12H,3,7H2,1-2H3. The Morgan fingerprint density at radius 3 is 2.92 bits per heavy atom. The number of nitriles is 1. The number of hydrogen-bond donors (Lipinski definition) is 0. The van der Waals surface area contributed by atoms with Crippen molar-refractivity contribution in [3.63, 3.8) is 0 Å². The van der Waals surface area contributed by atoms with Crippen molar-refractivity contribution < 1.29 is 13.9 Å². The highest BCUT2D eigenvalue weighted by atomic mass is 19.1. The molecule has 0 saturated carbocycles. The number of fused-ring (bicyclic) bond motifs is 1. The van der Waals surface area contributed by atoms with Crippen molar-refractivity contribution >= 4 is 16.9 Å². The Labute approximate surface area is 144 Å². The SMILES string of the molecule is CCOC(=O)c1cnn(-c2ccc3c(c2)c(C#N)cn3C(C)CF)c1. The van der Waals surface area contributed by atoms with Crippen LogP contribution in [-0.4, -0.2) is 33.6 Å². The fourth-order valence-electron chi connectivity index (χ4n) is 2.70. The molecule has 0 spiro atoms. The Kier molecular flexibility index (Phi) is 4.52. The first-order valence-electron chi connectivity index (χ1n) is 7.91. The average Bonchev–Trinajstić information content (AvgIpc) is 3.25. The number of hydrogen-bond acceptors (Lipinski definition) is 4. The molecular weight excluding hydrogens is 323 g/mol. The highest BCUT2D eigenvalue weighted by Gasteiger charge is 2.15. The number of carbonyl (C=O) groups excluding carboxylic acids is 1. The van der Waals surface area contributed by atoms with Crippen molar-refractivity contribution in [1.29, 1.82) is 5.26 Å². The molecule has 0 aliphatic rings. The fourth-order valence-corrected chi connectivity index (χ4v) is 2.70. The lowest BCUT2D eigenvalue weighted by atomic mass is 10.1. The Balaban J connectivity index is 2.05. The molecule has 3 aromatic rings. The highest BCUT2D eigenvalue weighted by Crippen LogP contribution is 2.27. The molecule has 1 aromatic carbocycles. The molecule has 0 aliphatic heterocycles. The van der Waals surface area contributed by atoms with Crippen molar-refractivity contribution in [1.82, 2.24) is 14.3 Å². The van der Waals surface area contributed by atoms with Gasteiger partial charge < -0.3 is 9.30 Å². The summed E-state index contributed by atoms with van der Waals surface area (Å²) in [5, 5.41) is 14.3. The highest BCUT2D eigenvalue weighted by molar-refractivity contribution is 5.90. The van der Waals surface area contributed by atoms with Crippen LogP contribution in [0.2, 0.25) is 0 Å². The zero-order valence-electron chi connectivity index (χ0n) is 13.9. The van der Waals surface area contributed by atoms with Crippen LogP contribution >= 0.6 is 0 Å². The molecule has 1 atom stereocenters. The molecule has 2 heterocycles. The van der Waals surface area contributed by atoms with Crippen LogP contribution in [0.4, 0.5) is 4.39 Å². The van der Waals surface area contributed by atoms with Crippen LogP contribution in [0.1, 0.15) is 35.8 Å². The van der Waals surface area contributed by atoms with Gasteiger partial charge >= 0.3 is 5.97 Å². The smallest absolute Gasteiger partial charge is 0.341 e. The lowest BCUT2D eigenvalue weighted by Gasteiger charge is -2.11. The third kappa shape index (κ3) is 2.98. The molecule has 0 aliphatic carbocycles. The summed E-state index contributed by atoms with van der Waals surface area (Å²) in [7, 11) is 0. The number of benzene rings is 1. The maximum atomic E-state index is 13.0. The molecule has 128 valence electrons. The normalized spacial score (nSPS) is 12.1.